The van der Waals surface area contributed by atoms with E-state index in [0.717, 1.165) is 5.56 Å². The maximum atomic E-state index is 10.8. The van der Waals surface area contributed by atoms with Gasteiger partial charge >= 0.3 is 8.60 Å². The van der Waals surface area contributed by atoms with Crippen LogP contribution >= 0.6 is 8.60 Å². The first-order valence-electron chi connectivity index (χ1n) is 11.4. The molecule has 0 fully saturated rings. The minimum Gasteiger partial charge on any atom is -0.418 e. The average Bonchev–Trinajstić information content (AvgIpc) is 2.58. The Kier molecular flexibility index (Phi) is 7.50. The summed E-state index contributed by atoms with van der Waals surface area (Å²) in [5.74, 6) is 1.31. The van der Waals surface area contributed by atoms with Crippen LogP contribution in [0.5, 0.6) is 11.5 Å². The first-order chi connectivity index (χ1) is 14.3. The third-order valence-corrected chi connectivity index (χ3v) is 6.37. The normalized spacial score (nSPS) is 14.3. The molecule has 0 aliphatic carbocycles. The van der Waals surface area contributed by atoms with E-state index in [2.05, 4.69) is 101 Å². The van der Waals surface area contributed by atoms with Gasteiger partial charge in [-0.25, -0.2) is 0 Å². The molecule has 0 heterocycles. The van der Waals surface area contributed by atoms with Crippen molar-refractivity contribution in [1.82, 2.24) is 0 Å². The highest BCUT2D eigenvalue weighted by molar-refractivity contribution is 7.41. The predicted molar refractivity (Wildman–Crippen MR) is 138 cm³/mol. The zero-order chi connectivity index (χ0) is 24.7. The smallest absolute Gasteiger partial charge is 0.418 e. The topological polar surface area (TPSA) is 38.7 Å². The van der Waals surface area contributed by atoms with E-state index in [0.29, 0.717) is 11.5 Å². The summed E-state index contributed by atoms with van der Waals surface area (Å²) in [6.07, 6.45) is 0. The number of benzene rings is 2. The van der Waals surface area contributed by atoms with Crippen LogP contribution in [0.25, 0.3) is 0 Å². The molecule has 1 N–H and O–H groups in total. The maximum absolute atomic E-state index is 10.8. The Labute approximate surface area is 197 Å². The highest BCUT2D eigenvalue weighted by atomic mass is 31.2. The fourth-order valence-corrected chi connectivity index (χ4v) is 4.02. The fourth-order valence-electron chi connectivity index (χ4n) is 3.37. The van der Waals surface area contributed by atoms with Gasteiger partial charge in [-0.15, -0.1) is 0 Å². The Hall–Kier alpha value is -1.57. The van der Waals surface area contributed by atoms with Crippen LogP contribution in [0.3, 0.4) is 0 Å². The van der Waals surface area contributed by atoms with Gasteiger partial charge in [0, 0.05) is 5.56 Å². The molecular weight excluding hydrogens is 415 g/mol. The summed E-state index contributed by atoms with van der Waals surface area (Å²) < 4.78 is 11.9. The molecule has 0 saturated heterocycles. The van der Waals surface area contributed by atoms with Crippen molar-refractivity contribution in [2.45, 2.75) is 105 Å². The Balaban J connectivity index is 2.38. The first kappa shape index (κ1) is 26.7. The quantitative estimate of drug-likeness (QED) is 0.466. The zero-order valence-corrected chi connectivity index (χ0v) is 23.1. The van der Waals surface area contributed by atoms with Crippen LogP contribution in [-0.4, -0.2) is 4.89 Å². The predicted octanol–water partition coefficient (Wildman–Crippen LogP) is 8.55. The van der Waals surface area contributed by atoms with E-state index in [1.165, 1.54) is 16.7 Å². The molecule has 0 aliphatic rings. The molecule has 0 spiro atoms. The van der Waals surface area contributed by atoms with Crippen LogP contribution in [-0.2, 0) is 21.7 Å². The molecule has 32 heavy (non-hydrogen) atoms. The van der Waals surface area contributed by atoms with Crippen LogP contribution in [0, 0.1) is 0 Å². The van der Waals surface area contributed by atoms with Gasteiger partial charge in [-0.3, -0.25) is 0 Å². The molecule has 0 radical (unpaired) electrons. The van der Waals surface area contributed by atoms with Crippen LogP contribution in [0.15, 0.2) is 36.4 Å². The summed E-state index contributed by atoms with van der Waals surface area (Å²) in [6, 6.07) is 12.5. The van der Waals surface area contributed by atoms with E-state index in [-0.39, 0.29) is 21.7 Å². The Morgan fingerprint density at radius 2 is 1.03 bits per heavy atom. The lowest BCUT2D eigenvalue weighted by Crippen LogP contribution is -2.17. The lowest BCUT2D eigenvalue weighted by molar-refractivity contribution is 0.374. The third-order valence-electron chi connectivity index (χ3n) is 5.65. The van der Waals surface area contributed by atoms with Gasteiger partial charge in [0.1, 0.15) is 11.5 Å². The van der Waals surface area contributed by atoms with Crippen molar-refractivity contribution in [1.29, 1.82) is 0 Å². The summed E-state index contributed by atoms with van der Waals surface area (Å²) in [4.78, 5) is 10.8. The van der Waals surface area contributed by atoms with Crippen molar-refractivity contribution < 1.29 is 13.9 Å². The lowest BCUT2D eigenvalue weighted by atomic mass is 9.80. The van der Waals surface area contributed by atoms with E-state index >= 15 is 0 Å². The molecule has 4 heteroatoms. The largest absolute Gasteiger partial charge is 0.460 e. The van der Waals surface area contributed by atoms with E-state index in [1.807, 2.05) is 18.2 Å². The molecule has 0 saturated carbocycles. The molecule has 2 aromatic carbocycles. The molecule has 2 rings (SSSR count). The van der Waals surface area contributed by atoms with Crippen molar-refractivity contribution in [2.75, 3.05) is 0 Å². The molecular formula is C28H43O3P. The van der Waals surface area contributed by atoms with Gasteiger partial charge in [-0.2, -0.15) is 0 Å². The van der Waals surface area contributed by atoms with Gasteiger partial charge < -0.3 is 13.9 Å². The summed E-state index contributed by atoms with van der Waals surface area (Å²) >= 11 is 0. The standard InChI is InChI=1S/C28H43O3P/c1-25(2,3)19-13-14-24(23(18-19)28(10,11)12)31-32(29)30-22-16-20(26(4,5)6)15-21(17-22)27(7,8)9/h13-18,29H,1-12H3. The summed E-state index contributed by atoms with van der Waals surface area (Å²) in [5, 5.41) is 0. The second-order valence-corrected chi connectivity index (χ2v) is 13.7. The molecule has 0 aliphatic heterocycles. The van der Waals surface area contributed by atoms with Crippen molar-refractivity contribution in [2.24, 2.45) is 0 Å². The second-order valence-electron chi connectivity index (χ2n) is 12.9. The van der Waals surface area contributed by atoms with Crippen molar-refractivity contribution in [3.63, 3.8) is 0 Å². The van der Waals surface area contributed by atoms with Gasteiger partial charge in [0.05, 0.1) is 0 Å². The van der Waals surface area contributed by atoms with Gasteiger partial charge in [0.15, 0.2) is 0 Å². The molecule has 0 aromatic heterocycles. The molecule has 3 nitrogen and oxygen atoms in total. The Morgan fingerprint density at radius 1 is 0.562 bits per heavy atom. The number of rotatable bonds is 4. The zero-order valence-electron chi connectivity index (χ0n) is 22.2. The molecule has 178 valence electrons. The fraction of sp³-hybridized carbons (Fsp3) is 0.571. The van der Waals surface area contributed by atoms with E-state index < -0.39 is 8.60 Å². The molecule has 0 bridgehead atoms. The van der Waals surface area contributed by atoms with Crippen LogP contribution < -0.4 is 9.05 Å². The minimum absolute atomic E-state index is 0.0272. The Bertz CT molecular complexity index is 903. The molecule has 0 amide bonds. The van der Waals surface area contributed by atoms with E-state index in [9.17, 15) is 4.89 Å². The highest BCUT2D eigenvalue weighted by Crippen LogP contribution is 2.44. The van der Waals surface area contributed by atoms with Gasteiger partial charge in [-0.1, -0.05) is 101 Å². The maximum Gasteiger partial charge on any atom is 0.460 e. The monoisotopic (exact) mass is 458 g/mol. The summed E-state index contributed by atoms with van der Waals surface area (Å²) in [7, 11) is -2.13. The van der Waals surface area contributed by atoms with Crippen molar-refractivity contribution >= 4 is 8.60 Å². The van der Waals surface area contributed by atoms with E-state index in [1.54, 1.807) is 0 Å². The van der Waals surface area contributed by atoms with E-state index in [4.69, 9.17) is 9.05 Å². The number of hydrogen-bond acceptors (Lipinski definition) is 3. The van der Waals surface area contributed by atoms with Crippen LogP contribution in [0.2, 0.25) is 0 Å². The van der Waals surface area contributed by atoms with Crippen molar-refractivity contribution in [3.8, 4) is 11.5 Å². The minimum atomic E-state index is -2.13. The molecule has 1 unspecified atom stereocenters. The number of hydrogen-bond donors (Lipinski definition) is 1. The molecule has 1 atom stereocenters. The Morgan fingerprint density at radius 3 is 1.44 bits per heavy atom. The summed E-state index contributed by atoms with van der Waals surface area (Å²) in [6.45, 7) is 26.2. The second kappa shape index (κ2) is 8.99. The summed E-state index contributed by atoms with van der Waals surface area (Å²) in [5.41, 5.74) is 4.51. The third kappa shape index (κ3) is 6.96. The first-order valence-corrected chi connectivity index (χ1v) is 12.6. The SMILES string of the molecule is CC(C)(C)c1cc(OP(O)Oc2ccc(C(C)(C)C)cc2C(C)(C)C)cc(C(C)(C)C)c1. The highest BCUT2D eigenvalue weighted by Gasteiger charge is 2.26. The van der Waals surface area contributed by atoms with Gasteiger partial charge in [0.25, 0.3) is 0 Å². The molecule has 2 aromatic rings. The average molecular weight is 459 g/mol. The lowest BCUT2D eigenvalue weighted by Gasteiger charge is -2.28. The van der Waals surface area contributed by atoms with Crippen LogP contribution in [0.1, 0.15) is 105 Å². The van der Waals surface area contributed by atoms with Gasteiger partial charge in [0.2, 0.25) is 0 Å². The van der Waals surface area contributed by atoms with Gasteiger partial charge in [-0.05, 0) is 56.5 Å². The van der Waals surface area contributed by atoms with Crippen molar-refractivity contribution in [3.05, 3.63) is 58.7 Å². The van der Waals surface area contributed by atoms with Crippen LogP contribution in [0.4, 0.5) is 0 Å².